The number of ether oxygens (including phenoxy) is 1. The van der Waals surface area contributed by atoms with Crippen LogP contribution in [0.15, 0.2) is 49.1 Å². The highest BCUT2D eigenvalue weighted by atomic mass is 16.5. The maximum Gasteiger partial charge on any atom is 0.346 e. The molecular weight excluding hydrogens is 280 g/mol. The molecule has 0 heterocycles. The van der Waals surface area contributed by atoms with Gasteiger partial charge < -0.3 is 14.7 Å². The van der Waals surface area contributed by atoms with Gasteiger partial charge in [0.2, 0.25) is 0 Å². The summed E-state index contributed by atoms with van der Waals surface area (Å²) in [4.78, 5) is 12.9. The van der Waals surface area contributed by atoms with Crippen LogP contribution in [0.25, 0.3) is 6.08 Å². The van der Waals surface area contributed by atoms with Crippen LogP contribution in [0.3, 0.4) is 0 Å². The number of anilines is 1. The number of nitriles is 1. The van der Waals surface area contributed by atoms with Crippen LogP contribution in [0, 0.1) is 11.3 Å². The van der Waals surface area contributed by atoms with Gasteiger partial charge in [0.1, 0.15) is 17.4 Å². The molecule has 0 atom stereocenters. The molecule has 5 nitrogen and oxygen atoms in total. The van der Waals surface area contributed by atoms with Crippen molar-refractivity contribution in [3.63, 3.8) is 0 Å². The number of hydrogen-bond donors (Lipinski definition) is 1. The third-order valence-electron chi connectivity index (χ3n) is 2.93. The minimum atomic E-state index is -1.27. The zero-order valence-corrected chi connectivity index (χ0v) is 12.5. The van der Waals surface area contributed by atoms with Crippen molar-refractivity contribution in [2.24, 2.45) is 0 Å². The maximum absolute atomic E-state index is 10.9. The van der Waals surface area contributed by atoms with Crippen LogP contribution in [-0.2, 0) is 4.79 Å². The van der Waals surface area contributed by atoms with Crippen LogP contribution in [0.1, 0.15) is 5.56 Å². The quantitative estimate of drug-likeness (QED) is 0.454. The minimum Gasteiger partial charge on any atom is -0.496 e. The molecular formula is C17H18N2O3. The summed E-state index contributed by atoms with van der Waals surface area (Å²) in [7, 11) is 1.49. The Bertz CT molecular complexity index is 632. The van der Waals surface area contributed by atoms with Crippen molar-refractivity contribution >= 4 is 17.7 Å². The smallest absolute Gasteiger partial charge is 0.346 e. The van der Waals surface area contributed by atoms with Crippen molar-refractivity contribution in [1.82, 2.24) is 0 Å². The topological polar surface area (TPSA) is 73.6 Å². The number of carboxylic acid groups (broad SMARTS) is 1. The van der Waals surface area contributed by atoms with E-state index < -0.39 is 5.97 Å². The normalized spacial score (nSPS) is 10.5. The summed E-state index contributed by atoms with van der Waals surface area (Å²) in [6, 6.07) is 6.98. The average Bonchev–Trinajstić information content (AvgIpc) is 2.52. The Morgan fingerprint density at radius 1 is 1.41 bits per heavy atom. The minimum absolute atomic E-state index is 0.347. The number of benzene rings is 1. The molecule has 0 aliphatic carbocycles. The molecule has 0 aliphatic rings. The standard InChI is InChI=1S/C17H18N2O3/c1-4-8-19(9-5-2)15-7-6-13(16(11-15)22-3)10-14(12-18)17(20)21/h4-7,10-11H,1-2,8-9H2,3H3,(H,20,21)/b14-10+. The van der Waals surface area contributed by atoms with Gasteiger partial charge in [0, 0.05) is 30.4 Å². The van der Waals surface area contributed by atoms with E-state index in [0.29, 0.717) is 24.4 Å². The van der Waals surface area contributed by atoms with E-state index in [1.54, 1.807) is 30.4 Å². The number of carbonyl (C=O) groups is 1. The van der Waals surface area contributed by atoms with Gasteiger partial charge in [-0.2, -0.15) is 5.26 Å². The molecule has 0 aliphatic heterocycles. The second-order valence-corrected chi connectivity index (χ2v) is 4.38. The predicted octanol–water partition coefficient (Wildman–Crippen LogP) is 2.87. The number of nitrogens with zero attached hydrogens (tertiary/aromatic N) is 2. The SMILES string of the molecule is C=CCN(CC=C)c1ccc(/C=C(\C#N)C(=O)O)c(OC)c1. The summed E-state index contributed by atoms with van der Waals surface area (Å²) in [6.45, 7) is 8.72. The van der Waals surface area contributed by atoms with E-state index in [1.807, 2.05) is 11.0 Å². The third kappa shape index (κ3) is 4.25. The summed E-state index contributed by atoms with van der Waals surface area (Å²) in [5, 5.41) is 17.8. The fourth-order valence-electron chi connectivity index (χ4n) is 1.91. The third-order valence-corrected chi connectivity index (χ3v) is 2.93. The van der Waals surface area contributed by atoms with Crippen molar-refractivity contribution in [3.8, 4) is 11.8 Å². The molecule has 114 valence electrons. The lowest BCUT2D eigenvalue weighted by Crippen LogP contribution is -2.23. The zero-order valence-electron chi connectivity index (χ0n) is 12.5. The van der Waals surface area contributed by atoms with E-state index in [0.717, 1.165) is 5.69 Å². The predicted molar refractivity (Wildman–Crippen MR) is 86.8 cm³/mol. The van der Waals surface area contributed by atoms with Gasteiger partial charge in [-0.3, -0.25) is 0 Å². The van der Waals surface area contributed by atoms with Gasteiger partial charge in [-0.1, -0.05) is 12.2 Å². The average molecular weight is 298 g/mol. The molecule has 5 heteroatoms. The first-order valence-corrected chi connectivity index (χ1v) is 6.57. The summed E-state index contributed by atoms with van der Waals surface area (Å²) in [6.07, 6.45) is 4.85. The lowest BCUT2D eigenvalue weighted by Gasteiger charge is -2.22. The highest BCUT2D eigenvalue weighted by molar-refractivity contribution is 5.97. The van der Waals surface area contributed by atoms with Gasteiger partial charge in [-0.05, 0) is 18.2 Å². The van der Waals surface area contributed by atoms with Crippen LogP contribution in [0.5, 0.6) is 5.75 Å². The van der Waals surface area contributed by atoms with E-state index in [2.05, 4.69) is 13.2 Å². The van der Waals surface area contributed by atoms with Crippen molar-refractivity contribution in [2.75, 3.05) is 25.1 Å². The molecule has 0 spiro atoms. The maximum atomic E-state index is 10.9. The summed E-state index contributed by atoms with van der Waals surface area (Å²) < 4.78 is 5.29. The van der Waals surface area contributed by atoms with Crippen molar-refractivity contribution < 1.29 is 14.6 Å². The number of hydrogen-bond acceptors (Lipinski definition) is 4. The highest BCUT2D eigenvalue weighted by Gasteiger charge is 2.11. The molecule has 0 saturated carbocycles. The molecule has 0 saturated heterocycles. The highest BCUT2D eigenvalue weighted by Crippen LogP contribution is 2.27. The van der Waals surface area contributed by atoms with Crippen molar-refractivity contribution in [1.29, 1.82) is 5.26 Å². The van der Waals surface area contributed by atoms with E-state index in [1.165, 1.54) is 13.2 Å². The molecule has 0 unspecified atom stereocenters. The first kappa shape index (κ1) is 17.1. The fourth-order valence-corrected chi connectivity index (χ4v) is 1.91. The van der Waals surface area contributed by atoms with E-state index >= 15 is 0 Å². The molecule has 1 N–H and O–H groups in total. The van der Waals surface area contributed by atoms with E-state index in [4.69, 9.17) is 15.1 Å². The largest absolute Gasteiger partial charge is 0.496 e. The Kier molecular flexibility index (Phi) is 6.45. The molecule has 1 rings (SSSR count). The molecule has 22 heavy (non-hydrogen) atoms. The first-order chi connectivity index (χ1) is 10.6. The zero-order chi connectivity index (χ0) is 16.5. The van der Waals surface area contributed by atoms with Gasteiger partial charge in [0.25, 0.3) is 0 Å². The van der Waals surface area contributed by atoms with Gasteiger partial charge in [-0.15, -0.1) is 13.2 Å². The fraction of sp³-hybridized carbons (Fsp3) is 0.176. The summed E-state index contributed by atoms with van der Waals surface area (Å²) >= 11 is 0. The Morgan fingerprint density at radius 3 is 2.50 bits per heavy atom. The van der Waals surface area contributed by atoms with Crippen LogP contribution in [0.4, 0.5) is 5.69 Å². The van der Waals surface area contributed by atoms with Crippen LogP contribution in [0.2, 0.25) is 0 Å². The molecule has 0 aromatic heterocycles. The molecule has 0 radical (unpaired) electrons. The van der Waals surface area contributed by atoms with Crippen LogP contribution in [-0.4, -0.2) is 31.3 Å². The van der Waals surface area contributed by atoms with Gasteiger partial charge in [0.15, 0.2) is 0 Å². The number of rotatable bonds is 8. The summed E-state index contributed by atoms with van der Waals surface area (Å²) in [5.41, 5.74) is 1.07. The van der Waals surface area contributed by atoms with E-state index in [-0.39, 0.29) is 5.57 Å². The Morgan fingerprint density at radius 2 is 2.05 bits per heavy atom. The lowest BCUT2D eigenvalue weighted by atomic mass is 10.1. The Balaban J connectivity index is 3.26. The van der Waals surface area contributed by atoms with Gasteiger partial charge in [-0.25, -0.2) is 4.79 Å². The Labute approximate surface area is 130 Å². The van der Waals surface area contributed by atoms with Crippen LogP contribution >= 0.6 is 0 Å². The molecule has 1 aromatic carbocycles. The first-order valence-electron chi connectivity index (χ1n) is 6.57. The van der Waals surface area contributed by atoms with Crippen molar-refractivity contribution in [2.45, 2.75) is 0 Å². The second-order valence-electron chi connectivity index (χ2n) is 4.38. The molecule has 1 aromatic rings. The number of carboxylic acids is 1. The summed E-state index contributed by atoms with van der Waals surface area (Å²) in [5.74, 6) is -0.779. The molecule has 0 bridgehead atoms. The van der Waals surface area contributed by atoms with Gasteiger partial charge >= 0.3 is 5.97 Å². The lowest BCUT2D eigenvalue weighted by molar-refractivity contribution is -0.132. The molecule has 0 amide bonds. The second kappa shape index (κ2) is 8.32. The number of aliphatic carboxylic acids is 1. The molecule has 0 fully saturated rings. The monoisotopic (exact) mass is 298 g/mol. The Hall–Kier alpha value is -3.00. The van der Waals surface area contributed by atoms with Crippen LogP contribution < -0.4 is 9.64 Å². The number of methoxy groups -OCH3 is 1. The van der Waals surface area contributed by atoms with Crippen molar-refractivity contribution in [3.05, 3.63) is 54.6 Å². The van der Waals surface area contributed by atoms with E-state index in [9.17, 15) is 4.79 Å². The van der Waals surface area contributed by atoms with Gasteiger partial charge in [0.05, 0.1) is 7.11 Å².